The number of rotatable bonds is 9. The quantitative estimate of drug-likeness (QED) is 0.413. The molecule has 1 aliphatic rings. The van der Waals surface area contributed by atoms with Gasteiger partial charge in [-0.1, -0.05) is 6.07 Å². The summed E-state index contributed by atoms with van der Waals surface area (Å²) in [6.45, 7) is 1.02. The van der Waals surface area contributed by atoms with Crippen molar-refractivity contribution in [3.8, 4) is 6.07 Å². The van der Waals surface area contributed by atoms with Crippen LogP contribution in [-0.2, 0) is 26.2 Å². The molecular weight excluding hydrogens is 470 g/mol. The fourth-order valence-corrected chi connectivity index (χ4v) is 6.02. The number of benzene rings is 1. The van der Waals surface area contributed by atoms with E-state index < -0.39 is 22.0 Å². The zero-order valence-electron chi connectivity index (χ0n) is 19.1. The average molecular weight is 498 g/mol. The molecule has 1 fully saturated rings. The number of aryl methyl sites for hydroxylation is 1. The van der Waals surface area contributed by atoms with Crippen LogP contribution in [0.2, 0.25) is 0 Å². The third-order valence-electron chi connectivity index (χ3n) is 6.43. The SMILES string of the molecule is N#Cc1cccn1CCC(NS(=O)(=O)c1cccc2[nH]ccc12)C(=O)N1CCC(CC(=O)O)CC1. The first-order chi connectivity index (χ1) is 16.8. The Labute approximate surface area is 203 Å². The van der Waals surface area contributed by atoms with E-state index in [1.807, 2.05) is 0 Å². The summed E-state index contributed by atoms with van der Waals surface area (Å²) < 4.78 is 31.0. The van der Waals surface area contributed by atoms with E-state index in [2.05, 4.69) is 15.8 Å². The molecule has 4 rings (SSSR count). The van der Waals surface area contributed by atoms with Crippen LogP contribution in [0.3, 0.4) is 0 Å². The predicted molar refractivity (Wildman–Crippen MR) is 128 cm³/mol. The molecule has 3 heterocycles. The van der Waals surface area contributed by atoms with Crippen LogP contribution in [0.15, 0.2) is 53.7 Å². The van der Waals surface area contributed by atoms with Crippen molar-refractivity contribution in [2.75, 3.05) is 13.1 Å². The van der Waals surface area contributed by atoms with Crippen molar-refractivity contribution < 1.29 is 23.1 Å². The molecule has 1 aliphatic heterocycles. The third kappa shape index (κ3) is 5.55. The maximum atomic E-state index is 13.5. The summed E-state index contributed by atoms with van der Waals surface area (Å²) >= 11 is 0. The van der Waals surface area contributed by atoms with Gasteiger partial charge in [-0.15, -0.1) is 0 Å². The van der Waals surface area contributed by atoms with Crippen molar-refractivity contribution in [2.45, 2.75) is 43.2 Å². The van der Waals surface area contributed by atoms with Gasteiger partial charge in [-0.25, -0.2) is 8.42 Å². The molecule has 35 heavy (non-hydrogen) atoms. The number of carboxylic acid groups (broad SMARTS) is 1. The Morgan fingerprint density at radius 2 is 1.97 bits per heavy atom. The zero-order chi connectivity index (χ0) is 25.0. The molecule has 2 aromatic heterocycles. The number of carbonyl (C=O) groups is 2. The van der Waals surface area contributed by atoms with Gasteiger partial charge in [-0.2, -0.15) is 9.98 Å². The molecule has 11 heteroatoms. The Morgan fingerprint density at radius 3 is 2.69 bits per heavy atom. The van der Waals surface area contributed by atoms with Crippen LogP contribution in [0.4, 0.5) is 0 Å². The zero-order valence-corrected chi connectivity index (χ0v) is 19.9. The maximum absolute atomic E-state index is 13.5. The lowest BCUT2D eigenvalue weighted by molar-refractivity contribution is -0.139. The van der Waals surface area contributed by atoms with Crippen molar-refractivity contribution >= 4 is 32.8 Å². The highest BCUT2D eigenvalue weighted by Crippen LogP contribution is 2.24. The topological polar surface area (TPSA) is 148 Å². The Bertz CT molecular complexity index is 1360. The number of H-pyrrole nitrogens is 1. The van der Waals surface area contributed by atoms with E-state index in [4.69, 9.17) is 5.11 Å². The lowest BCUT2D eigenvalue weighted by Crippen LogP contribution is -2.51. The summed E-state index contributed by atoms with van der Waals surface area (Å²) in [7, 11) is -4.04. The molecule has 3 aromatic rings. The Kier molecular flexibility index (Phi) is 7.23. The van der Waals surface area contributed by atoms with Gasteiger partial charge in [0, 0.05) is 49.4 Å². The molecule has 1 atom stereocenters. The molecular formula is C24H27N5O5S. The van der Waals surface area contributed by atoms with E-state index in [0.29, 0.717) is 42.5 Å². The van der Waals surface area contributed by atoms with Gasteiger partial charge >= 0.3 is 5.97 Å². The Hall–Kier alpha value is -3.62. The van der Waals surface area contributed by atoms with Crippen molar-refractivity contribution in [3.63, 3.8) is 0 Å². The van der Waals surface area contributed by atoms with Crippen LogP contribution in [0, 0.1) is 17.2 Å². The number of hydrogen-bond acceptors (Lipinski definition) is 5. The fourth-order valence-electron chi connectivity index (χ4n) is 4.58. The maximum Gasteiger partial charge on any atom is 0.303 e. The lowest BCUT2D eigenvalue weighted by Gasteiger charge is -2.34. The minimum absolute atomic E-state index is 0.00375. The third-order valence-corrected chi connectivity index (χ3v) is 7.96. The van der Waals surface area contributed by atoms with E-state index in [9.17, 15) is 23.3 Å². The van der Waals surface area contributed by atoms with Crippen molar-refractivity contribution in [1.29, 1.82) is 5.26 Å². The molecule has 1 aromatic carbocycles. The lowest BCUT2D eigenvalue weighted by atomic mass is 9.93. The summed E-state index contributed by atoms with van der Waals surface area (Å²) in [4.78, 5) is 29.2. The van der Waals surface area contributed by atoms with Crippen LogP contribution >= 0.6 is 0 Å². The van der Waals surface area contributed by atoms with Crippen molar-refractivity contribution in [3.05, 3.63) is 54.5 Å². The summed E-state index contributed by atoms with van der Waals surface area (Å²) in [5.41, 5.74) is 1.09. The number of nitriles is 1. The van der Waals surface area contributed by atoms with E-state index in [0.717, 1.165) is 0 Å². The molecule has 0 saturated carbocycles. The normalized spacial score (nSPS) is 15.7. The van der Waals surface area contributed by atoms with Gasteiger partial charge in [0.2, 0.25) is 15.9 Å². The summed E-state index contributed by atoms with van der Waals surface area (Å²) in [6, 6.07) is 11.0. The first kappa shape index (κ1) is 24.5. The van der Waals surface area contributed by atoms with Crippen LogP contribution in [0.5, 0.6) is 0 Å². The van der Waals surface area contributed by atoms with Gasteiger partial charge in [0.15, 0.2) is 0 Å². The van der Waals surface area contributed by atoms with Crippen LogP contribution in [0.1, 0.15) is 31.4 Å². The number of aromatic amines is 1. The molecule has 0 radical (unpaired) electrons. The average Bonchev–Trinajstić information content (AvgIpc) is 3.50. The van der Waals surface area contributed by atoms with Gasteiger partial charge in [0.25, 0.3) is 0 Å². The second kappa shape index (κ2) is 10.3. The highest BCUT2D eigenvalue weighted by molar-refractivity contribution is 7.89. The molecule has 1 unspecified atom stereocenters. The van der Waals surface area contributed by atoms with Crippen molar-refractivity contribution in [1.82, 2.24) is 19.2 Å². The first-order valence-electron chi connectivity index (χ1n) is 11.4. The molecule has 10 nitrogen and oxygen atoms in total. The van der Waals surface area contributed by atoms with E-state index in [-0.39, 0.29) is 36.1 Å². The van der Waals surface area contributed by atoms with E-state index in [1.54, 1.807) is 52.2 Å². The van der Waals surface area contributed by atoms with Crippen LogP contribution < -0.4 is 4.72 Å². The largest absolute Gasteiger partial charge is 0.481 e. The summed E-state index contributed by atoms with van der Waals surface area (Å²) in [5.74, 6) is -1.22. The monoisotopic (exact) mass is 497 g/mol. The predicted octanol–water partition coefficient (Wildman–Crippen LogP) is 2.29. The van der Waals surface area contributed by atoms with Gasteiger partial charge in [-0.05, 0) is 55.5 Å². The number of sulfonamides is 1. The number of carbonyl (C=O) groups excluding carboxylic acids is 1. The van der Waals surface area contributed by atoms with Gasteiger partial charge in [0.05, 0.1) is 4.90 Å². The Morgan fingerprint density at radius 1 is 1.20 bits per heavy atom. The van der Waals surface area contributed by atoms with Crippen LogP contribution in [-0.4, -0.2) is 59.0 Å². The van der Waals surface area contributed by atoms with E-state index >= 15 is 0 Å². The summed E-state index contributed by atoms with van der Waals surface area (Å²) in [6.07, 6.45) is 4.69. The number of fused-ring (bicyclic) bond motifs is 1. The number of likely N-dealkylation sites (tertiary alicyclic amines) is 1. The van der Waals surface area contributed by atoms with Gasteiger partial charge in [0.1, 0.15) is 17.8 Å². The Balaban J connectivity index is 1.55. The highest BCUT2D eigenvalue weighted by atomic mass is 32.2. The number of aliphatic carboxylic acids is 1. The molecule has 1 amide bonds. The number of nitrogens with one attached hydrogen (secondary N) is 2. The number of piperidine rings is 1. The number of nitrogens with zero attached hydrogens (tertiary/aromatic N) is 3. The highest BCUT2D eigenvalue weighted by Gasteiger charge is 2.32. The minimum Gasteiger partial charge on any atom is -0.481 e. The second-order valence-corrected chi connectivity index (χ2v) is 10.4. The second-order valence-electron chi connectivity index (χ2n) is 8.72. The fraction of sp³-hybridized carbons (Fsp3) is 0.375. The summed E-state index contributed by atoms with van der Waals surface area (Å²) in [5, 5.41) is 18.9. The molecule has 0 bridgehead atoms. The van der Waals surface area contributed by atoms with Gasteiger partial charge in [-0.3, -0.25) is 9.59 Å². The van der Waals surface area contributed by atoms with Crippen LogP contribution in [0.25, 0.3) is 10.9 Å². The number of amides is 1. The minimum atomic E-state index is -4.04. The molecule has 3 N–H and O–H groups in total. The van der Waals surface area contributed by atoms with E-state index in [1.165, 1.54) is 6.07 Å². The number of aromatic nitrogens is 2. The number of hydrogen-bond donors (Lipinski definition) is 3. The molecule has 1 saturated heterocycles. The van der Waals surface area contributed by atoms with Crippen molar-refractivity contribution in [2.24, 2.45) is 5.92 Å². The van der Waals surface area contributed by atoms with Gasteiger partial charge < -0.3 is 19.6 Å². The first-order valence-corrected chi connectivity index (χ1v) is 12.9. The molecule has 0 spiro atoms. The smallest absolute Gasteiger partial charge is 0.303 e. The molecule has 184 valence electrons. The number of carboxylic acids is 1. The molecule has 0 aliphatic carbocycles. The standard InChI is InChI=1S/C24H27N5O5S/c25-16-18-3-2-11-28(18)14-9-21(24(32)29-12-7-17(8-13-29)15-23(30)31)27-35(33,34)22-5-1-4-20-19(22)6-10-26-20/h1-6,10-11,17,21,26-27H,7-9,12-15H2,(H,30,31).